The van der Waals surface area contributed by atoms with Gasteiger partial charge in [-0.1, -0.05) is 0 Å². The van der Waals surface area contributed by atoms with Crippen LogP contribution in [0, 0.1) is 0 Å². The zero-order chi connectivity index (χ0) is 20.9. The van der Waals surface area contributed by atoms with E-state index in [0.29, 0.717) is 0 Å². The summed E-state index contributed by atoms with van der Waals surface area (Å²) in [6.07, 6.45) is -10.1. The van der Waals surface area contributed by atoms with Gasteiger partial charge < -0.3 is 61.4 Å². The number of carbonyl (C=O) groups is 1. The van der Waals surface area contributed by atoms with E-state index in [-0.39, 0.29) is 0 Å². The first-order valence-electron chi connectivity index (χ1n) is 8.18. The number of aliphatic hydroxyl groups is 8. The highest BCUT2D eigenvalue weighted by Gasteiger charge is 2.44. The molecule has 0 radical (unpaired) electrons. The molecule has 2 aliphatic rings. The third-order valence-electron chi connectivity index (χ3n) is 4.22. The lowest BCUT2D eigenvalue weighted by Gasteiger charge is -2.40. The lowest BCUT2D eigenvalue weighted by Crippen LogP contribution is -2.63. The van der Waals surface area contributed by atoms with E-state index < -0.39 is 80.4 Å². The minimum atomic E-state index is -1.45. The Morgan fingerprint density at radius 3 is 1.74 bits per heavy atom. The first-order chi connectivity index (χ1) is 12.5. The molecule has 2 aliphatic heterocycles. The molecule has 0 aromatic carbocycles. The fraction of sp³-hybridized carbons (Fsp3) is 0.929. The van der Waals surface area contributed by atoms with Crippen molar-refractivity contribution < 1.29 is 55.1 Å². The van der Waals surface area contributed by atoms with Crippen molar-refractivity contribution in [3.05, 3.63) is 0 Å². The van der Waals surface area contributed by atoms with Gasteiger partial charge in [-0.2, -0.15) is 0 Å². The van der Waals surface area contributed by atoms with Gasteiger partial charge in [0.05, 0.1) is 19.3 Å². The summed E-state index contributed by atoms with van der Waals surface area (Å²) in [6.45, 7) is 0.216. The van der Waals surface area contributed by atoms with Crippen LogP contribution in [0.2, 0.25) is 0 Å². The van der Waals surface area contributed by atoms with Gasteiger partial charge in [0, 0.05) is 6.92 Å². The molecule has 0 aromatic rings. The lowest BCUT2D eigenvalue weighted by molar-refractivity contribution is -0.253. The molecule has 0 aliphatic carbocycles. The van der Waals surface area contributed by atoms with E-state index in [1.807, 2.05) is 0 Å². The van der Waals surface area contributed by atoms with Crippen LogP contribution in [0.3, 0.4) is 0 Å². The maximum absolute atomic E-state index is 10.7. The van der Waals surface area contributed by atoms with Gasteiger partial charge in [-0.25, -0.2) is 0 Å². The Bertz CT molecular complexity index is 466. The Hall–Kier alpha value is -0.970. The zero-order valence-corrected chi connectivity index (χ0v) is 14.6. The molecule has 27 heavy (non-hydrogen) atoms. The minimum Gasteiger partial charge on any atom is -0.394 e. The van der Waals surface area contributed by atoms with Gasteiger partial charge in [-0.15, -0.1) is 0 Å². The Labute approximate surface area is 154 Å². The Balaban J connectivity index is 0.000000277. The molecule has 2 rings (SSSR count). The maximum Gasteiger partial charge on any atom is 0.217 e. The number of rotatable bonds is 3. The van der Waals surface area contributed by atoms with Crippen LogP contribution in [-0.2, 0) is 14.3 Å². The fourth-order valence-corrected chi connectivity index (χ4v) is 2.61. The predicted octanol–water partition coefficient (Wildman–Crippen LogP) is -6.33. The molecule has 11 N–H and O–H groups in total. The molecule has 2 saturated heterocycles. The normalized spacial score (nSPS) is 44.8. The summed E-state index contributed by atoms with van der Waals surface area (Å²) in [6, 6.07) is -2.14. The largest absolute Gasteiger partial charge is 0.394 e. The second kappa shape index (κ2) is 10.5. The minimum absolute atomic E-state index is 0.462. The Morgan fingerprint density at radius 1 is 0.852 bits per heavy atom. The molecule has 0 spiro atoms. The SMILES string of the molecule is CC(=O)N[C@@H]1[C@@H](O)[C@H](O)[C@@H](CO)O[C@H]1O.N[C@@H]1[C@@H](O)[C@H](O)[C@@H](CO)O[C@H]1O. The molecule has 10 atom stereocenters. The van der Waals surface area contributed by atoms with Crippen molar-refractivity contribution in [1.29, 1.82) is 0 Å². The highest BCUT2D eigenvalue weighted by atomic mass is 16.6. The van der Waals surface area contributed by atoms with Crippen LogP contribution in [0.4, 0.5) is 0 Å². The van der Waals surface area contributed by atoms with Crippen LogP contribution in [0.25, 0.3) is 0 Å². The van der Waals surface area contributed by atoms with Crippen LogP contribution in [0.1, 0.15) is 6.92 Å². The van der Waals surface area contributed by atoms with Gasteiger partial charge in [0.2, 0.25) is 5.91 Å². The number of hydrogen-bond donors (Lipinski definition) is 10. The van der Waals surface area contributed by atoms with E-state index in [1.165, 1.54) is 6.92 Å². The summed E-state index contributed by atoms with van der Waals surface area (Å²) in [4.78, 5) is 10.7. The van der Waals surface area contributed by atoms with E-state index in [4.69, 9.17) is 30.5 Å². The zero-order valence-electron chi connectivity index (χ0n) is 14.6. The summed E-state index contributed by atoms with van der Waals surface area (Å²) in [7, 11) is 0. The maximum atomic E-state index is 10.7. The Kier molecular flexibility index (Phi) is 9.40. The van der Waals surface area contributed by atoms with Crippen LogP contribution >= 0.6 is 0 Å². The van der Waals surface area contributed by atoms with E-state index in [1.54, 1.807) is 0 Å². The molecule has 13 heteroatoms. The van der Waals surface area contributed by atoms with Gasteiger partial charge >= 0.3 is 0 Å². The van der Waals surface area contributed by atoms with E-state index in [9.17, 15) is 30.3 Å². The molecular weight excluding hydrogens is 372 g/mol. The van der Waals surface area contributed by atoms with Crippen molar-refractivity contribution in [1.82, 2.24) is 5.32 Å². The molecule has 0 aromatic heterocycles. The van der Waals surface area contributed by atoms with Crippen molar-refractivity contribution in [3.63, 3.8) is 0 Å². The van der Waals surface area contributed by atoms with Crippen molar-refractivity contribution in [2.24, 2.45) is 5.73 Å². The summed E-state index contributed by atoms with van der Waals surface area (Å²) in [5.41, 5.74) is 5.26. The van der Waals surface area contributed by atoms with Crippen LogP contribution in [0.5, 0.6) is 0 Å². The summed E-state index contributed by atoms with van der Waals surface area (Å²) >= 11 is 0. The molecule has 13 nitrogen and oxygen atoms in total. The van der Waals surface area contributed by atoms with Crippen molar-refractivity contribution in [2.45, 2.75) is 68.2 Å². The topological polar surface area (TPSA) is 235 Å². The molecule has 1 amide bonds. The van der Waals surface area contributed by atoms with Gasteiger partial charge in [-0.05, 0) is 0 Å². The Morgan fingerprint density at radius 2 is 1.30 bits per heavy atom. The van der Waals surface area contributed by atoms with Gasteiger partial charge in [0.25, 0.3) is 0 Å². The average Bonchev–Trinajstić information content (AvgIpc) is 2.63. The molecule has 0 bridgehead atoms. The quantitative estimate of drug-likeness (QED) is 0.213. The number of ether oxygens (including phenoxy) is 2. The molecule has 2 fully saturated rings. The van der Waals surface area contributed by atoms with Crippen LogP contribution in [-0.4, -0.2) is 121 Å². The third kappa shape index (κ3) is 6.00. The number of nitrogens with two attached hydrogens (primary N) is 1. The number of hydrogen-bond acceptors (Lipinski definition) is 12. The molecule has 2 heterocycles. The molecular formula is C14H28N2O11. The number of aliphatic hydroxyl groups excluding tert-OH is 8. The van der Waals surface area contributed by atoms with E-state index >= 15 is 0 Å². The molecule has 0 saturated carbocycles. The highest BCUT2D eigenvalue weighted by Crippen LogP contribution is 2.19. The van der Waals surface area contributed by atoms with Gasteiger partial charge in [0.15, 0.2) is 12.6 Å². The van der Waals surface area contributed by atoms with Crippen molar-refractivity contribution >= 4 is 5.91 Å². The van der Waals surface area contributed by atoms with Gasteiger partial charge in [-0.3, -0.25) is 4.79 Å². The fourth-order valence-electron chi connectivity index (χ4n) is 2.61. The van der Waals surface area contributed by atoms with Crippen LogP contribution in [0.15, 0.2) is 0 Å². The standard InChI is InChI=1S/C8H15NO6.C6H13NO5/c1-3(11)9-5-7(13)6(12)4(2-10)15-8(5)14;7-3-5(10)4(9)2(1-8)12-6(3)11/h4-8,10,12-14H,2H2,1H3,(H,9,11);2-6,8-11H,1,7H2/t4-,5-,6-,7-,8-;2-,3-,4-,5-,6-/m11/s1. The predicted molar refractivity (Wildman–Crippen MR) is 85.5 cm³/mol. The number of carbonyl (C=O) groups excluding carboxylic acids is 1. The van der Waals surface area contributed by atoms with E-state index in [0.717, 1.165) is 0 Å². The second-order valence-corrected chi connectivity index (χ2v) is 6.26. The second-order valence-electron chi connectivity index (χ2n) is 6.26. The summed E-state index contributed by atoms with van der Waals surface area (Å²) in [5, 5.41) is 75.5. The van der Waals surface area contributed by atoms with Crippen LogP contribution < -0.4 is 11.1 Å². The monoisotopic (exact) mass is 400 g/mol. The smallest absolute Gasteiger partial charge is 0.217 e. The van der Waals surface area contributed by atoms with E-state index in [2.05, 4.69) is 5.32 Å². The average molecular weight is 400 g/mol. The third-order valence-corrected chi connectivity index (χ3v) is 4.22. The van der Waals surface area contributed by atoms with Crippen molar-refractivity contribution in [2.75, 3.05) is 13.2 Å². The molecule has 0 unspecified atom stereocenters. The summed E-state index contributed by atoms with van der Waals surface area (Å²) < 4.78 is 9.51. The number of amides is 1. The first kappa shape index (κ1) is 24.1. The first-order valence-corrected chi connectivity index (χ1v) is 8.18. The summed E-state index contributed by atoms with van der Waals surface area (Å²) in [5.74, 6) is -0.462. The van der Waals surface area contributed by atoms with Gasteiger partial charge in [0.1, 0.15) is 42.7 Å². The number of nitrogens with one attached hydrogen (secondary N) is 1. The highest BCUT2D eigenvalue weighted by molar-refractivity contribution is 5.73. The molecule has 160 valence electrons. The lowest BCUT2D eigenvalue weighted by atomic mass is 9.97. The van der Waals surface area contributed by atoms with Crippen molar-refractivity contribution in [3.8, 4) is 0 Å².